The van der Waals surface area contributed by atoms with Crippen molar-refractivity contribution in [3.8, 4) is 11.3 Å². The number of amides is 1. The molecule has 3 aliphatic rings. The smallest absolute Gasteiger partial charge is 0.410 e. The molecule has 340 valence electrons. The number of likely N-dealkylation sites (N-methyl/N-ethyl adjacent to an activating group) is 1. The van der Waals surface area contributed by atoms with Crippen LogP contribution in [0.15, 0.2) is 43.1 Å². The number of benzene rings is 1. The molecule has 3 aliphatic heterocycles. The number of carbonyl (C=O) groups excluding carboxylic acids is 3. The van der Waals surface area contributed by atoms with Crippen molar-refractivity contribution in [2.75, 3.05) is 40.0 Å². The molecule has 2 aromatic rings. The Hall–Kier alpha value is -3.93. The third kappa shape index (κ3) is 10.8. The first-order chi connectivity index (χ1) is 28.9. The second-order valence-corrected chi connectivity index (χ2v) is 18.1. The van der Waals surface area contributed by atoms with Gasteiger partial charge in [-0.25, -0.2) is 4.79 Å². The highest BCUT2D eigenvalue weighted by atomic mass is 16.7. The van der Waals surface area contributed by atoms with Crippen molar-refractivity contribution in [1.82, 2.24) is 30.1 Å². The molecular formula is C45H71N7O9. The molecule has 1 amide bonds. The summed E-state index contributed by atoms with van der Waals surface area (Å²) in [6.45, 7) is 18.4. The monoisotopic (exact) mass is 854 g/mol. The highest BCUT2D eigenvalue weighted by Crippen LogP contribution is 2.41. The number of ketones is 1. The second-order valence-electron chi connectivity index (χ2n) is 18.1. The number of anilines is 1. The van der Waals surface area contributed by atoms with E-state index in [1.165, 1.54) is 6.92 Å². The van der Waals surface area contributed by atoms with Crippen LogP contribution in [-0.4, -0.2) is 142 Å². The molecule has 0 spiro atoms. The lowest BCUT2D eigenvalue weighted by Gasteiger charge is -2.46. The fourth-order valence-corrected chi connectivity index (χ4v) is 9.66. The Morgan fingerprint density at radius 3 is 2.51 bits per heavy atom. The molecular weight excluding hydrogens is 783 g/mol. The van der Waals surface area contributed by atoms with Gasteiger partial charge in [0, 0.05) is 49.5 Å². The molecule has 0 bridgehead atoms. The number of carbonyl (C=O) groups is 3. The maximum Gasteiger partial charge on any atom is 0.410 e. The molecule has 16 nitrogen and oxygen atoms in total. The minimum absolute atomic E-state index is 0.0451. The minimum atomic E-state index is -1.28. The van der Waals surface area contributed by atoms with Gasteiger partial charge in [-0.3, -0.25) is 19.2 Å². The number of aromatic nitrogens is 3. The zero-order valence-electron chi connectivity index (χ0n) is 37.9. The van der Waals surface area contributed by atoms with Crippen molar-refractivity contribution in [3.63, 3.8) is 0 Å². The number of hydrogen-bond acceptors (Lipinski definition) is 14. The van der Waals surface area contributed by atoms with Crippen LogP contribution in [0.4, 0.5) is 10.5 Å². The van der Waals surface area contributed by atoms with Crippen LogP contribution in [0.5, 0.6) is 0 Å². The van der Waals surface area contributed by atoms with Crippen LogP contribution < -0.4 is 11.1 Å². The Kier molecular flexibility index (Phi) is 16.2. The molecule has 3 saturated heterocycles. The van der Waals surface area contributed by atoms with E-state index < -0.39 is 71.5 Å². The van der Waals surface area contributed by atoms with Crippen molar-refractivity contribution in [2.24, 2.45) is 17.8 Å². The van der Waals surface area contributed by atoms with Gasteiger partial charge in [0.2, 0.25) is 0 Å². The molecule has 0 saturated carbocycles. The third-order valence-electron chi connectivity index (χ3n) is 13.1. The molecule has 13 atom stereocenters. The number of esters is 1. The number of aliphatic hydroxyl groups is 1. The number of ether oxygens (including phenoxy) is 5. The lowest BCUT2D eigenvalue weighted by atomic mass is 9.78. The molecule has 4 N–H and O–H groups in total. The summed E-state index contributed by atoms with van der Waals surface area (Å²) in [5.41, 5.74) is 5.88. The van der Waals surface area contributed by atoms with Gasteiger partial charge in [0.1, 0.15) is 23.8 Å². The first kappa shape index (κ1) is 48.1. The molecule has 1 aromatic heterocycles. The largest absolute Gasteiger partial charge is 0.458 e. The summed E-state index contributed by atoms with van der Waals surface area (Å²) in [5, 5.41) is 23.9. The Morgan fingerprint density at radius 1 is 1.13 bits per heavy atom. The van der Waals surface area contributed by atoms with Gasteiger partial charge in [-0.05, 0) is 105 Å². The van der Waals surface area contributed by atoms with E-state index in [2.05, 4.69) is 29.1 Å². The topological polar surface area (TPSA) is 193 Å². The summed E-state index contributed by atoms with van der Waals surface area (Å²) >= 11 is 0. The average Bonchev–Trinajstić information content (AvgIpc) is 3.80. The van der Waals surface area contributed by atoms with Gasteiger partial charge in [0.25, 0.3) is 0 Å². The van der Waals surface area contributed by atoms with Crippen LogP contribution in [0.2, 0.25) is 0 Å². The Bertz CT molecular complexity index is 1810. The number of aryl methyl sites for hydroxylation is 1. The van der Waals surface area contributed by atoms with E-state index in [4.69, 9.17) is 29.4 Å². The van der Waals surface area contributed by atoms with Crippen LogP contribution in [0, 0.1) is 17.8 Å². The fraction of sp³-hybridized carbons (Fsp3) is 0.711. The number of Topliss-reactive ketones (excluding diaryl/α,β-unsaturated/α-hetero) is 1. The number of nitrogens with zero attached hydrogens (tertiary/aromatic N) is 5. The number of cyclic esters (lactones) is 1. The zero-order valence-corrected chi connectivity index (χ0v) is 37.9. The SMILES string of the molecule is C=CC[C@H]1NC[C@H](C)C[C@@](C)(OC)[C@H](O[C@@H]2O[C@H](C)CC(N(C)C)[C@H]2O)[C@@H](C)C(=O)[C@@H](C)C(=O)O[C@H](CC)[C@@]2(C)OC(=O)N(CCCCn3cc(-c4cccc(N)c4)nn3)[C@H]12. The Balaban J connectivity index is 1.42. The number of rotatable bonds is 13. The van der Waals surface area contributed by atoms with Crippen molar-refractivity contribution < 1.29 is 43.2 Å². The predicted molar refractivity (Wildman–Crippen MR) is 231 cm³/mol. The predicted octanol–water partition coefficient (Wildman–Crippen LogP) is 4.84. The quantitative estimate of drug-likeness (QED) is 0.0815. The van der Waals surface area contributed by atoms with Crippen molar-refractivity contribution in [2.45, 2.75) is 154 Å². The highest BCUT2D eigenvalue weighted by molar-refractivity contribution is 6.00. The van der Waals surface area contributed by atoms with E-state index in [0.717, 1.165) is 11.3 Å². The summed E-state index contributed by atoms with van der Waals surface area (Å²) in [4.78, 5) is 46.3. The van der Waals surface area contributed by atoms with E-state index in [-0.39, 0.29) is 24.1 Å². The van der Waals surface area contributed by atoms with E-state index in [1.54, 1.807) is 23.6 Å². The number of nitrogen functional groups attached to an aromatic ring is 1. The van der Waals surface area contributed by atoms with E-state index in [1.807, 2.05) is 83.2 Å². The number of nitrogens with two attached hydrogens (primary N) is 1. The molecule has 5 rings (SSSR count). The van der Waals surface area contributed by atoms with Gasteiger partial charge in [-0.15, -0.1) is 11.7 Å². The summed E-state index contributed by atoms with van der Waals surface area (Å²) < 4.78 is 33.5. The maximum absolute atomic E-state index is 14.4. The maximum atomic E-state index is 14.4. The first-order valence-corrected chi connectivity index (χ1v) is 21.9. The lowest BCUT2D eigenvalue weighted by molar-refractivity contribution is -0.295. The molecule has 4 heterocycles. The number of unbranched alkanes of at least 4 members (excludes halogenated alkanes) is 1. The van der Waals surface area contributed by atoms with Crippen LogP contribution >= 0.6 is 0 Å². The van der Waals surface area contributed by atoms with Crippen LogP contribution in [0.25, 0.3) is 11.3 Å². The summed E-state index contributed by atoms with van der Waals surface area (Å²) in [6.07, 6.45) is 2.31. The Labute approximate surface area is 361 Å². The number of methoxy groups -OCH3 is 1. The number of hydrogen-bond donors (Lipinski definition) is 3. The molecule has 0 aliphatic carbocycles. The third-order valence-corrected chi connectivity index (χ3v) is 13.1. The number of fused-ring (bicyclic) bond motifs is 1. The van der Waals surface area contributed by atoms with Crippen molar-refractivity contribution >= 4 is 23.5 Å². The zero-order chi connectivity index (χ0) is 44.8. The molecule has 61 heavy (non-hydrogen) atoms. The van der Waals surface area contributed by atoms with Gasteiger partial charge in [-0.2, -0.15) is 0 Å². The number of aliphatic hydroxyl groups excluding tert-OH is 1. The van der Waals surface area contributed by atoms with Gasteiger partial charge in [0.15, 0.2) is 17.7 Å². The molecule has 16 heteroatoms. The average molecular weight is 854 g/mol. The number of nitrogens with one attached hydrogen (secondary N) is 1. The summed E-state index contributed by atoms with van der Waals surface area (Å²) in [6, 6.07) is 6.33. The normalized spacial score (nSPS) is 35.6. The van der Waals surface area contributed by atoms with E-state index in [0.29, 0.717) is 63.8 Å². The fourth-order valence-electron chi connectivity index (χ4n) is 9.66. The minimum Gasteiger partial charge on any atom is -0.458 e. The summed E-state index contributed by atoms with van der Waals surface area (Å²) in [5.74, 6) is -3.25. The molecule has 1 unspecified atom stereocenters. The van der Waals surface area contributed by atoms with Crippen LogP contribution in [0.3, 0.4) is 0 Å². The lowest BCUT2D eigenvalue weighted by Crippen LogP contribution is -2.61. The van der Waals surface area contributed by atoms with Gasteiger partial charge < -0.3 is 44.7 Å². The van der Waals surface area contributed by atoms with Crippen molar-refractivity contribution in [3.05, 3.63) is 43.1 Å². The standard InChI is InChI=1S/C45H71N7O9/c1-12-17-33-39-45(8,61-43(56)52(39)21-15-14-20-51-26-34(48-49-51)31-18-16-19-32(46)23-31)36(13-2)59-41(55)30(6)37(53)29(5)40(44(7,57-11)24-27(3)25-47-33)60-42-38(54)35(50(9)10)22-28(4)58-42/h12,16,18-19,23,26-30,33,35-36,38-40,42,47,54H,1,13-15,17,20-22,24-25,46H2,2-11H3/t27-,28-,29+,30-,33-,35?,36-,38-,39-,40-,42+,44-,45-/m1/s1. The Morgan fingerprint density at radius 2 is 1.85 bits per heavy atom. The summed E-state index contributed by atoms with van der Waals surface area (Å²) in [7, 11) is 5.39. The first-order valence-electron chi connectivity index (χ1n) is 21.9. The van der Waals surface area contributed by atoms with Crippen LogP contribution in [0.1, 0.15) is 87.0 Å². The molecule has 3 fully saturated rings. The van der Waals surface area contributed by atoms with Crippen molar-refractivity contribution in [1.29, 1.82) is 0 Å². The van der Waals surface area contributed by atoms with Crippen LogP contribution in [-0.2, 0) is 39.8 Å². The highest BCUT2D eigenvalue weighted by Gasteiger charge is 2.59. The molecule has 0 radical (unpaired) electrons. The van der Waals surface area contributed by atoms with Gasteiger partial charge >= 0.3 is 12.1 Å². The van der Waals surface area contributed by atoms with Gasteiger partial charge in [0.05, 0.1) is 30.0 Å². The van der Waals surface area contributed by atoms with E-state index in [9.17, 15) is 19.5 Å². The second kappa shape index (κ2) is 20.5. The van der Waals surface area contributed by atoms with Gasteiger partial charge in [-0.1, -0.05) is 44.2 Å². The molecule has 1 aromatic carbocycles. The van der Waals surface area contributed by atoms with E-state index >= 15 is 0 Å².